The molecule has 0 spiro atoms. The first-order chi connectivity index (χ1) is 20.3. The number of hydrogen-bond acceptors (Lipinski definition) is 12. The van der Waals surface area contributed by atoms with Gasteiger partial charge < -0.3 is 60.1 Å². The number of carbonyl (C=O) groups is 2. The van der Waals surface area contributed by atoms with Gasteiger partial charge in [-0.05, 0) is 79.6 Å². The third kappa shape index (κ3) is 51.3. The van der Waals surface area contributed by atoms with Crippen molar-refractivity contribution in [3.63, 3.8) is 0 Å². The monoisotopic (exact) mass is 612 g/mol. The molecular formula is C29H64N4O9. The van der Waals surface area contributed by atoms with E-state index in [0.29, 0.717) is 85.7 Å². The predicted molar refractivity (Wildman–Crippen MR) is 166 cm³/mol. The van der Waals surface area contributed by atoms with Gasteiger partial charge in [-0.3, -0.25) is 0 Å². The van der Waals surface area contributed by atoms with E-state index in [1.165, 1.54) is 6.92 Å². The van der Waals surface area contributed by atoms with Crippen molar-refractivity contribution in [1.29, 1.82) is 0 Å². The summed E-state index contributed by atoms with van der Waals surface area (Å²) in [6, 6.07) is 0. The maximum Gasteiger partial charge on any atom is 0.407 e. The largest absolute Gasteiger partial charge is 0.444 e. The number of nitrogens with one attached hydrogen (secondary N) is 2. The minimum Gasteiger partial charge on any atom is -0.444 e. The molecule has 0 unspecified atom stereocenters. The number of nitrogens with two attached hydrogens (primary N) is 2. The normalized spacial score (nSPS) is 10.7. The third-order valence-corrected chi connectivity index (χ3v) is 4.50. The maximum atomic E-state index is 11.3. The third-order valence-electron chi connectivity index (χ3n) is 4.50. The van der Waals surface area contributed by atoms with Crippen LogP contribution in [0.3, 0.4) is 0 Å². The molecule has 1 amide bonds. The molecule has 254 valence electrons. The van der Waals surface area contributed by atoms with Crippen LogP contribution in [-0.2, 0) is 38.0 Å². The van der Waals surface area contributed by atoms with Gasteiger partial charge in [-0.15, -0.1) is 0 Å². The average molecular weight is 613 g/mol. The smallest absolute Gasteiger partial charge is 0.407 e. The molecule has 0 bridgehead atoms. The summed E-state index contributed by atoms with van der Waals surface area (Å²) in [5, 5.41) is 5.92. The van der Waals surface area contributed by atoms with Crippen molar-refractivity contribution in [3.05, 3.63) is 0 Å². The summed E-state index contributed by atoms with van der Waals surface area (Å²) in [6.07, 6.45) is 3.93. The summed E-state index contributed by atoms with van der Waals surface area (Å²) >= 11 is 0. The van der Waals surface area contributed by atoms with Gasteiger partial charge in [-0.25, -0.2) is 4.79 Å². The molecule has 0 aliphatic carbocycles. The molecule has 6 N–H and O–H groups in total. The van der Waals surface area contributed by atoms with E-state index >= 15 is 0 Å². The highest BCUT2D eigenvalue weighted by atomic mass is 16.6. The van der Waals surface area contributed by atoms with Crippen molar-refractivity contribution in [1.82, 2.24) is 10.6 Å². The molecule has 13 nitrogen and oxygen atoms in total. The van der Waals surface area contributed by atoms with E-state index in [0.717, 1.165) is 58.3 Å². The van der Waals surface area contributed by atoms with Gasteiger partial charge in [-0.2, -0.15) is 0 Å². The highest BCUT2D eigenvalue weighted by Gasteiger charge is 2.15. The lowest BCUT2D eigenvalue weighted by Gasteiger charge is -2.19. The van der Waals surface area contributed by atoms with Crippen LogP contribution in [0, 0.1) is 0 Å². The fraction of sp³-hybridized carbons (Fsp3) is 0.931. The zero-order valence-electron chi connectivity index (χ0n) is 27.3. The molecule has 0 rings (SSSR count). The van der Waals surface area contributed by atoms with E-state index in [2.05, 4.69) is 17.6 Å². The Balaban J connectivity index is -0.000000679. The van der Waals surface area contributed by atoms with Crippen molar-refractivity contribution in [3.8, 4) is 0 Å². The number of amides is 1. The zero-order valence-corrected chi connectivity index (χ0v) is 27.3. The first kappa shape index (κ1) is 45.0. The molecule has 0 fully saturated rings. The quantitative estimate of drug-likeness (QED) is 0.0784. The summed E-state index contributed by atoms with van der Waals surface area (Å²) in [5.74, 6) is 0. The van der Waals surface area contributed by atoms with Crippen LogP contribution in [0.25, 0.3) is 0 Å². The zero-order chi connectivity index (χ0) is 32.0. The molecule has 0 aliphatic rings. The van der Waals surface area contributed by atoms with Gasteiger partial charge in [0.25, 0.3) is 0 Å². The Bertz CT molecular complexity index is 514. The molecule has 0 atom stereocenters. The SMILES string of the molecule is CC(C)(C)OC(=O)NCCCOCCOCCOCCCN.CC=O.CCNCCCOCCOCCOCCCN. The molecule has 0 aromatic rings. The van der Waals surface area contributed by atoms with Crippen LogP contribution in [0.2, 0.25) is 0 Å². The van der Waals surface area contributed by atoms with Gasteiger partial charge >= 0.3 is 6.09 Å². The number of hydrogen-bond donors (Lipinski definition) is 4. The molecule has 13 heteroatoms. The van der Waals surface area contributed by atoms with Gasteiger partial charge in [-0.1, -0.05) is 6.92 Å². The number of ether oxygens (including phenoxy) is 7. The van der Waals surface area contributed by atoms with E-state index in [-0.39, 0.29) is 0 Å². The Morgan fingerprint density at radius 2 is 0.976 bits per heavy atom. The lowest BCUT2D eigenvalue weighted by atomic mass is 10.2. The minimum atomic E-state index is -0.466. The van der Waals surface area contributed by atoms with Crippen LogP contribution in [-0.4, -0.2) is 130 Å². The molecular weight excluding hydrogens is 548 g/mol. The molecule has 0 aliphatic heterocycles. The van der Waals surface area contributed by atoms with Gasteiger partial charge in [0.05, 0.1) is 52.9 Å². The van der Waals surface area contributed by atoms with Crippen LogP contribution in [0.5, 0.6) is 0 Å². The summed E-state index contributed by atoms with van der Waals surface area (Å²) in [4.78, 5) is 20.2. The van der Waals surface area contributed by atoms with Gasteiger partial charge in [0.15, 0.2) is 0 Å². The topological polar surface area (TPSA) is 175 Å². The second-order valence-electron chi connectivity index (χ2n) is 9.68. The summed E-state index contributed by atoms with van der Waals surface area (Å²) < 4.78 is 37.2. The Hall–Kier alpha value is -1.42. The first-order valence-corrected chi connectivity index (χ1v) is 15.2. The molecule has 42 heavy (non-hydrogen) atoms. The number of alkyl carbamates (subject to hydrolysis) is 1. The molecule has 0 aromatic heterocycles. The minimum absolute atomic E-state index is 0.398. The first-order valence-electron chi connectivity index (χ1n) is 15.2. The van der Waals surface area contributed by atoms with Crippen molar-refractivity contribution >= 4 is 12.4 Å². The van der Waals surface area contributed by atoms with Crippen molar-refractivity contribution in [2.24, 2.45) is 11.5 Å². The highest BCUT2D eigenvalue weighted by molar-refractivity contribution is 5.67. The van der Waals surface area contributed by atoms with E-state index in [1.807, 2.05) is 20.8 Å². The number of aldehydes is 1. The summed E-state index contributed by atoms with van der Waals surface area (Å²) in [6.45, 7) is 20.5. The average Bonchev–Trinajstić information content (AvgIpc) is 2.94. The summed E-state index contributed by atoms with van der Waals surface area (Å²) in [7, 11) is 0. The van der Waals surface area contributed by atoms with Crippen molar-refractivity contribution < 1.29 is 42.7 Å². The van der Waals surface area contributed by atoms with Crippen molar-refractivity contribution in [2.75, 3.05) is 112 Å². The van der Waals surface area contributed by atoms with Crippen LogP contribution in [0.1, 0.15) is 60.3 Å². The number of carbonyl (C=O) groups excluding carboxylic acids is 2. The molecule has 0 aromatic carbocycles. The Labute approximate surface area is 255 Å². The van der Waals surface area contributed by atoms with Gasteiger partial charge in [0.2, 0.25) is 0 Å². The lowest BCUT2D eigenvalue weighted by Crippen LogP contribution is -2.33. The second-order valence-corrected chi connectivity index (χ2v) is 9.68. The van der Waals surface area contributed by atoms with Crippen LogP contribution in [0.15, 0.2) is 0 Å². The Kier molecular flexibility index (Phi) is 42.4. The Morgan fingerprint density at radius 1 is 0.643 bits per heavy atom. The van der Waals surface area contributed by atoms with E-state index < -0.39 is 11.7 Å². The fourth-order valence-electron chi connectivity index (χ4n) is 2.61. The van der Waals surface area contributed by atoms with Crippen molar-refractivity contribution in [2.45, 2.75) is 65.9 Å². The highest BCUT2D eigenvalue weighted by Crippen LogP contribution is 2.06. The predicted octanol–water partition coefficient (Wildman–Crippen LogP) is 1.89. The van der Waals surface area contributed by atoms with Gasteiger partial charge in [0, 0.05) is 33.0 Å². The molecule has 0 saturated carbocycles. The van der Waals surface area contributed by atoms with Crippen LogP contribution < -0.4 is 22.1 Å². The van der Waals surface area contributed by atoms with E-state index in [4.69, 9.17) is 49.4 Å². The van der Waals surface area contributed by atoms with E-state index in [1.54, 1.807) is 0 Å². The Morgan fingerprint density at radius 3 is 1.31 bits per heavy atom. The lowest BCUT2D eigenvalue weighted by molar-refractivity contribution is -0.106. The fourth-order valence-corrected chi connectivity index (χ4v) is 2.61. The van der Waals surface area contributed by atoms with Gasteiger partial charge in [0.1, 0.15) is 11.9 Å². The second kappa shape index (κ2) is 39.6. The van der Waals surface area contributed by atoms with Crippen LogP contribution >= 0.6 is 0 Å². The van der Waals surface area contributed by atoms with E-state index in [9.17, 15) is 4.79 Å². The maximum absolute atomic E-state index is 11.3. The van der Waals surface area contributed by atoms with Crippen LogP contribution in [0.4, 0.5) is 4.79 Å². The molecule has 0 radical (unpaired) electrons. The summed E-state index contributed by atoms with van der Waals surface area (Å²) in [5.41, 5.74) is 10.2. The standard InChI is InChI=1S/C15H32N2O5.C12H28N2O3.C2H4O/c1-15(2,3)22-14(18)17-7-5-9-20-11-13-21-12-10-19-8-4-6-16;1-2-14-6-4-8-16-10-12-17-11-9-15-7-3-5-13;1-2-3/h4-13,16H2,1-3H3,(H,17,18);14H,2-13H2,1H3;2H,1H3. The molecule has 0 saturated heterocycles. The molecule has 0 heterocycles. The number of rotatable bonds is 27.